The van der Waals surface area contributed by atoms with E-state index in [0.717, 1.165) is 6.42 Å². The van der Waals surface area contributed by atoms with Crippen molar-refractivity contribution in [2.24, 2.45) is 17.1 Å². The van der Waals surface area contributed by atoms with Crippen molar-refractivity contribution in [2.75, 3.05) is 6.54 Å². The Morgan fingerprint density at radius 2 is 2.25 bits per heavy atom. The molecule has 1 aliphatic carbocycles. The minimum absolute atomic E-state index is 0.0577. The Morgan fingerprint density at radius 1 is 1.62 bits per heavy atom. The van der Waals surface area contributed by atoms with E-state index in [1.54, 1.807) is 0 Å². The largest absolute Gasteiger partial charge is 0.392 e. The maximum Gasteiger partial charge on any atom is 0.220 e. The highest BCUT2D eigenvalue weighted by Crippen LogP contribution is 2.40. The summed E-state index contributed by atoms with van der Waals surface area (Å²) in [7, 11) is 0. The summed E-state index contributed by atoms with van der Waals surface area (Å²) < 4.78 is 0. The van der Waals surface area contributed by atoms with Crippen LogP contribution in [0.2, 0.25) is 0 Å². The van der Waals surface area contributed by atoms with Crippen molar-refractivity contribution in [3.8, 4) is 0 Å². The Balaban J connectivity index is 2.36. The minimum Gasteiger partial charge on any atom is -0.392 e. The number of carbonyl (C=O) groups is 1. The van der Waals surface area contributed by atoms with Crippen LogP contribution in [0.1, 0.15) is 40.0 Å². The quantitative estimate of drug-likeness (QED) is 0.646. The molecule has 0 aromatic heterocycles. The van der Waals surface area contributed by atoms with Crippen molar-refractivity contribution in [1.82, 2.24) is 5.32 Å². The predicted octanol–water partition coefficient (Wildman–Crippen LogP) is 0.637. The summed E-state index contributed by atoms with van der Waals surface area (Å²) >= 11 is 0. The van der Waals surface area contributed by atoms with Gasteiger partial charge in [-0.15, -0.1) is 0 Å². The van der Waals surface area contributed by atoms with E-state index in [0.29, 0.717) is 19.4 Å². The lowest BCUT2D eigenvalue weighted by Crippen LogP contribution is -2.61. The molecular weight excluding hydrogens is 204 g/mol. The Hall–Kier alpha value is -0.610. The third-order valence-corrected chi connectivity index (χ3v) is 3.94. The van der Waals surface area contributed by atoms with E-state index in [-0.39, 0.29) is 29.4 Å². The molecule has 0 heterocycles. The van der Waals surface area contributed by atoms with Gasteiger partial charge in [0.25, 0.3) is 0 Å². The highest BCUT2D eigenvalue weighted by molar-refractivity contribution is 5.76. The number of nitrogens with one attached hydrogen (secondary N) is 1. The molecule has 4 nitrogen and oxygen atoms in total. The molecule has 94 valence electrons. The van der Waals surface area contributed by atoms with Gasteiger partial charge < -0.3 is 16.2 Å². The van der Waals surface area contributed by atoms with Crippen LogP contribution >= 0.6 is 0 Å². The zero-order chi connectivity index (χ0) is 12.3. The molecule has 0 aliphatic heterocycles. The lowest BCUT2D eigenvalue weighted by atomic mass is 9.64. The molecule has 0 spiro atoms. The summed E-state index contributed by atoms with van der Waals surface area (Å²) in [4.78, 5) is 11.7. The first-order chi connectivity index (χ1) is 7.41. The van der Waals surface area contributed by atoms with Gasteiger partial charge in [0, 0.05) is 17.9 Å². The predicted molar refractivity (Wildman–Crippen MR) is 63.8 cm³/mol. The number of aliphatic hydroxyl groups is 1. The van der Waals surface area contributed by atoms with Crippen molar-refractivity contribution < 1.29 is 9.90 Å². The summed E-state index contributed by atoms with van der Waals surface area (Å²) in [5, 5.41) is 12.5. The summed E-state index contributed by atoms with van der Waals surface area (Å²) in [5.41, 5.74) is 5.37. The number of nitrogens with two attached hydrogens (primary N) is 1. The maximum absolute atomic E-state index is 11.7. The van der Waals surface area contributed by atoms with E-state index in [9.17, 15) is 9.90 Å². The Morgan fingerprint density at radius 3 is 2.62 bits per heavy atom. The van der Waals surface area contributed by atoms with Gasteiger partial charge in [0.15, 0.2) is 0 Å². The topological polar surface area (TPSA) is 75.4 Å². The number of carbonyl (C=O) groups excluding carboxylic acids is 1. The van der Waals surface area contributed by atoms with Gasteiger partial charge in [-0.1, -0.05) is 27.2 Å². The fourth-order valence-electron chi connectivity index (χ4n) is 2.06. The Labute approximate surface area is 97.6 Å². The van der Waals surface area contributed by atoms with Gasteiger partial charge in [-0.25, -0.2) is 0 Å². The molecule has 0 aromatic rings. The van der Waals surface area contributed by atoms with Gasteiger partial charge in [-0.3, -0.25) is 4.79 Å². The van der Waals surface area contributed by atoms with E-state index >= 15 is 0 Å². The van der Waals surface area contributed by atoms with E-state index < -0.39 is 0 Å². The number of hydrogen-bond donors (Lipinski definition) is 3. The molecule has 3 atom stereocenters. The molecule has 3 unspecified atom stereocenters. The molecule has 1 fully saturated rings. The Kier molecular flexibility index (Phi) is 4.33. The van der Waals surface area contributed by atoms with Crippen LogP contribution in [-0.2, 0) is 4.79 Å². The van der Waals surface area contributed by atoms with E-state index in [4.69, 9.17) is 5.73 Å². The monoisotopic (exact) mass is 228 g/mol. The summed E-state index contributed by atoms with van der Waals surface area (Å²) in [6, 6.07) is 0.102. The van der Waals surface area contributed by atoms with Crippen LogP contribution in [0.5, 0.6) is 0 Å². The molecule has 1 rings (SSSR count). The molecule has 4 heteroatoms. The number of hydrogen-bond acceptors (Lipinski definition) is 3. The molecule has 1 amide bonds. The molecule has 4 N–H and O–H groups in total. The van der Waals surface area contributed by atoms with Crippen LogP contribution in [-0.4, -0.2) is 29.7 Å². The molecule has 16 heavy (non-hydrogen) atoms. The molecule has 0 saturated heterocycles. The van der Waals surface area contributed by atoms with Gasteiger partial charge in [-0.05, 0) is 18.9 Å². The highest BCUT2D eigenvalue weighted by Gasteiger charge is 2.47. The summed E-state index contributed by atoms with van der Waals surface area (Å²) in [6.45, 7) is 6.56. The van der Waals surface area contributed by atoms with Crippen LogP contribution in [0.25, 0.3) is 0 Å². The van der Waals surface area contributed by atoms with Crippen molar-refractivity contribution in [3.63, 3.8) is 0 Å². The minimum atomic E-state index is -0.297. The van der Waals surface area contributed by atoms with Crippen molar-refractivity contribution in [3.05, 3.63) is 0 Å². The standard InChI is InChI=1S/C12H24N2O2/c1-4-8(7-13)5-11(16)14-9-6-10(15)12(9,2)3/h8-10,15H,4-7,13H2,1-3H3,(H,14,16). The van der Waals surface area contributed by atoms with Crippen molar-refractivity contribution in [2.45, 2.75) is 52.2 Å². The van der Waals surface area contributed by atoms with E-state index in [1.807, 2.05) is 20.8 Å². The van der Waals surface area contributed by atoms with Crippen LogP contribution in [0.3, 0.4) is 0 Å². The normalized spacial score (nSPS) is 29.3. The molecule has 0 radical (unpaired) electrons. The molecule has 1 aliphatic rings. The van der Waals surface area contributed by atoms with Gasteiger partial charge in [0.2, 0.25) is 5.91 Å². The van der Waals surface area contributed by atoms with Crippen LogP contribution in [0.4, 0.5) is 0 Å². The second kappa shape index (κ2) is 5.15. The second-order valence-electron chi connectivity index (χ2n) is 5.41. The lowest BCUT2D eigenvalue weighted by Gasteiger charge is -2.49. The van der Waals surface area contributed by atoms with Crippen LogP contribution in [0, 0.1) is 11.3 Å². The van der Waals surface area contributed by atoms with E-state index in [2.05, 4.69) is 5.32 Å². The fourth-order valence-corrected chi connectivity index (χ4v) is 2.06. The summed E-state index contributed by atoms with van der Waals surface area (Å²) in [5.74, 6) is 0.329. The molecule has 0 aromatic carbocycles. The van der Waals surface area contributed by atoms with Gasteiger partial charge in [-0.2, -0.15) is 0 Å². The van der Waals surface area contributed by atoms with Gasteiger partial charge in [0.05, 0.1) is 6.10 Å². The van der Waals surface area contributed by atoms with Crippen LogP contribution in [0.15, 0.2) is 0 Å². The third-order valence-electron chi connectivity index (χ3n) is 3.94. The first kappa shape index (κ1) is 13.5. The van der Waals surface area contributed by atoms with Gasteiger partial charge >= 0.3 is 0 Å². The van der Waals surface area contributed by atoms with Crippen molar-refractivity contribution >= 4 is 5.91 Å². The van der Waals surface area contributed by atoms with Gasteiger partial charge in [0.1, 0.15) is 0 Å². The highest BCUT2D eigenvalue weighted by atomic mass is 16.3. The fraction of sp³-hybridized carbons (Fsp3) is 0.917. The first-order valence-corrected chi connectivity index (χ1v) is 6.09. The third kappa shape index (κ3) is 2.74. The number of rotatable bonds is 5. The van der Waals surface area contributed by atoms with Crippen molar-refractivity contribution in [1.29, 1.82) is 0 Å². The molecule has 1 saturated carbocycles. The second-order valence-corrected chi connectivity index (χ2v) is 5.41. The SMILES string of the molecule is CCC(CN)CC(=O)NC1CC(O)C1(C)C. The average molecular weight is 228 g/mol. The average Bonchev–Trinajstić information content (AvgIpc) is 2.25. The van der Waals surface area contributed by atoms with E-state index in [1.165, 1.54) is 0 Å². The number of amides is 1. The maximum atomic E-state index is 11.7. The van der Waals surface area contributed by atoms with Crippen LogP contribution < -0.4 is 11.1 Å². The summed E-state index contributed by atoms with van der Waals surface area (Å²) in [6.07, 6.45) is 1.79. The smallest absolute Gasteiger partial charge is 0.220 e. The Bertz CT molecular complexity index is 249. The lowest BCUT2D eigenvalue weighted by molar-refractivity contribution is -0.130. The molecule has 0 bridgehead atoms. The molecular formula is C12H24N2O2. The zero-order valence-corrected chi connectivity index (χ0v) is 10.5. The first-order valence-electron chi connectivity index (χ1n) is 6.09. The zero-order valence-electron chi connectivity index (χ0n) is 10.5. The number of aliphatic hydroxyl groups excluding tert-OH is 1.